The van der Waals surface area contributed by atoms with Crippen molar-refractivity contribution in [2.75, 3.05) is 24.7 Å². The molecule has 1 atom stereocenters. The Morgan fingerprint density at radius 1 is 1.02 bits per heavy atom. The molecule has 0 spiro atoms. The summed E-state index contributed by atoms with van der Waals surface area (Å²) in [4.78, 5) is 29.5. The van der Waals surface area contributed by atoms with Gasteiger partial charge in [0.2, 0.25) is 6.41 Å². The average molecular weight is 617 g/mol. The van der Waals surface area contributed by atoms with E-state index in [1.165, 1.54) is 18.2 Å². The van der Waals surface area contributed by atoms with Crippen LogP contribution in [0.2, 0.25) is 5.02 Å². The molecule has 3 aromatic carbocycles. The van der Waals surface area contributed by atoms with E-state index < -0.39 is 35.5 Å². The molecular weight excluding hydrogens is 594 g/mol. The minimum atomic E-state index is -6.01. The summed E-state index contributed by atoms with van der Waals surface area (Å²) in [5.74, 6) is -0.521. The standard InChI is InChI=1S/C28H23ClF6N2O3S/c1-36-12-11-17-13-20(41-2)8-10-22(17)24(36)25(39)37(15-38)19-7-9-21(23(29)14-19)16-3-5-18(6-4-16)26(40,27(30,31)32)28(33,34)35/h3-10,13-15,24,40H,11-12H2,1-2H3. The molecule has 41 heavy (non-hydrogen) atoms. The first kappa shape index (κ1) is 30.9. The minimum absolute atomic E-state index is 0.0150. The number of nitrogens with zero attached hydrogens (tertiary/aromatic N) is 2. The van der Waals surface area contributed by atoms with Crippen LogP contribution in [-0.2, 0) is 21.6 Å². The van der Waals surface area contributed by atoms with E-state index in [2.05, 4.69) is 0 Å². The molecule has 1 unspecified atom stereocenters. The smallest absolute Gasteiger partial charge is 0.369 e. The highest BCUT2D eigenvalue weighted by molar-refractivity contribution is 7.98. The molecule has 1 aliphatic heterocycles. The molecule has 218 valence electrons. The number of carbonyl (C=O) groups is 2. The monoisotopic (exact) mass is 616 g/mol. The number of likely N-dealkylation sites (N-methyl/N-ethyl adjacent to an activating group) is 1. The summed E-state index contributed by atoms with van der Waals surface area (Å²) >= 11 is 7.97. The summed E-state index contributed by atoms with van der Waals surface area (Å²) in [5.41, 5.74) is -4.21. The maximum atomic E-state index is 13.6. The fraction of sp³-hybridized carbons (Fsp3) is 0.286. The zero-order valence-corrected chi connectivity index (χ0v) is 23.1. The summed E-state index contributed by atoms with van der Waals surface area (Å²) in [6.07, 6.45) is -8.99. The summed E-state index contributed by atoms with van der Waals surface area (Å²) in [7, 11) is 1.77. The zero-order valence-electron chi connectivity index (χ0n) is 21.6. The first-order valence-corrected chi connectivity index (χ1v) is 13.7. The lowest BCUT2D eigenvalue weighted by atomic mass is 9.90. The van der Waals surface area contributed by atoms with Crippen molar-refractivity contribution in [2.24, 2.45) is 0 Å². The second-order valence-corrected chi connectivity index (χ2v) is 10.7. The Hall–Kier alpha value is -3.06. The van der Waals surface area contributed by atoms with Gasteiger partial charge in [-0.25, -0.2) is 0 Å². The molecule has 2 amide bonds. The maximum Gasteiger partial charge on any atom is 0.430 e. The van der Waals surface area contributed by atoms with Crippen molar-refractivity contribution in [1.82, 2.24) is 4.90 Å². The number of benzene rings is 3. The minimum Gasteiger partial charge on any atom is -0.369 e. The maximum absolute atomic E-state index is 13.6. The van der Waals surface area contributed by atoms with E-state index >= 15 is 0 Å². The van der Waals surface area contributed by atoms with Gasteiger partial charge in [0.15, 0.2) is 0 Å². The highest BCUT2D eigenvalue weighted by Gasteiger charge is 2.71. The summed E-state index contributed by atoms with van der Waals surface area (Å²) in [6.45, 7) is 0.585. The average Bonchev–Trinajstić information content (AvgIpc) is 2.91. The molecule has 5 nitrogen and oxygen atoms in total. The number of carbonyl (C=O) groups excluding carboxylic acids is 2. The Balaban J connectivity index is 1.65. The number of thioether (sulfide) groups is 1. The third-order valence-corrected chi connectivity index (χ3v) is 8.10. The summed E-state index contributed by atoms with van der Waals surface area (Å²) in [6, 6.07) is 12.1. The zero-order chi connectivity index (χ0) is 30.3. The Morgan fingerprint density at radius 2 is 1.66 bits per heavy atom. The highest BCUT2D eigenvalue weighted by atomic mass is 35.5. The van der Waals surface area contributed by atoms with Gasteiger partial charge >= 0.3 is 12.4 Å². The molecule has 0 aromatic heterocycles. The van der Waals surface area contributed by atoms with Gasteiger partial charge in [-0.15, -0.1) is 11.8 Å². The number of amides is 2. The van der Waals surface area contributed by atoms with Gasteiger partial charge in [0.25, 0.3) is 11.5 Å². The topological polar surface area (TPSA) is 60.9 Å². The molecular formula is C28H23ClF6N2O3S. The number of rotatable bonds is 6. The lowest BCUT2D eigenvalue weighted by molar-refractivity contribution is -0.376. The van der Waals surface area contributed by atoms with Crippen LogP contribution in [0.5, 0.6) is 0 Å². The number of hydrogen-bond acceptors (Lipinski definition) is 5. The molecule has 1 N–H and O–H groups in total. The van der Waals surface area contributed by atoms with Crippen LogP contribution in [0.4, 0.5) is 32.0 Å². The molecule has 0 radical (unpaired) electrons. The molecule has 0 saturated heterocycles. The number of halogens is 7. The van der Waals surface area contributed by atoms with Crippen LogP contribution in [0, 0.1) is 0 Å². The van der Waals surface area contributed by atoms with E-state index in [1.54, 1.807) is 18.8 Å². The molecule has 13 heteroatoms. The van der Waals surface area contributed by atoms with E-state index in [9.17, 15) is 41.0 Å². The van der Waals surface area contributed by atoms with Gasteiger partial charge in [0.05, 0.1) is 10.7 Å². The van der Waals surface area contributed by atoms with Gasteiger partial charge in [-0.2, -0.15) is 26.3 Å². The van der Waals surface area contributed by atoms with E-state index in [1.807, 2.05) is 29.4 Å². The molecule has 0 bridgehead atoms. The summed E-state index contributed by atoms with van der Waals surface area (Å²) < 4.78 is 79.3. The lowest BCUT2D eigenvalue weighted by Crippen LogP contribution is -2.53. The van der Waals surface area contributed by atoms with E-state index in [0.717, 1.165) is 39.5 Å². The van der Waals surface area contributed by atoms with E-state index in [-0.39, 0.29) is 21.8 Å². The highest BCUT2D eigenvalue weighted by Crippen LogP contribution is 2.50. The van der Waals surface area contributed by atoms with E-state index in [4.69, 9.17) is 11.6 Å². The van der Waals surface area contributed by atoms with Gasteiger partial charge in [0.1, 0.15) is 6.04 Å². The van der Waals surface area contributed by atoms with Crippen molar-refractivity contribution >= 4 is 41.4 Å². The SMILES string of the molecule is CSc1ccc2c(c1)CCN(C)C2C(=O)N(C=O)c1ccc(-c2ccc(C(O)(C(F)(F)F)C(F)(F)F)cc2)c(Cl)c1. The molecule has 3 aromatic rings. The number of alkyl halides is 6. The van der Waals surface area contributed by atoms with Crippen LogP contribution < -0.4 is 4.90 Å². The third kappa shape index (κ3) is 5.57. The van der Waals surface area contributed by atoms with Crippen molar-refractivity contribution in [3.05, 3.63) is 82.4 Å². The first-order valence-electron chi connectivity index (χ1n) is 12.1. The van der Waals surface area contributed by atoms with Gasteiger partial charge in [-0.3, -0.25) is 19.4 Å². The summed E-state index contributed by atoms with van der Waals surface area (Å²) in [5, 5.41) is 9.60. The van der Waals surface area contributed by atoms with Crippen molar-refractivity contribution in [3.8, 4) is 11.1 Å². The Morgan fingerprint density at radius 3 is 2.20 bits per heavy atom. The van der Waals surface area contributed by atoms with Crippen molar-refractivity contribution in [3.63, 3.8) is 0 Å². The predicted molar refractivity (Wildman–Crippen MR) is 144 cm³/mol. The van der Waals surface area contributed by atoms with Crippen molar-refractivity contribution in [2.45, 2.75) is 35.3 Å². The van der Waals surface area contributed by atoms with Crippen LogP contribution in [0.3, 0.4) is 0 Å². The normalized spacial score (nSPS) is 16.3. The van der Waals surface area contributed by atoms with Crippen LogP contribution in [0.15, 0.2) is 65.6 Å². The fourth-order valence-electron chi connectivity index (χ4n) is 4.82. The van der Waals surface area contributed by atoms with Crippen molar-refractivity contribution < 1.29 is 41.0 Å². The van der Waals surface area contributed by atoms with Crippen molar-refractivity contribution in [1.29, 1.82) is 0 Å². The lowest BCUT2D eigenvalue weighted by Gasteiger charge is -2.35. The molecule has 0 fully saturated rings. The van der Waals surface area contributed by atoms with Gasteiger partial charge in [-0.1, -0.05) is 48.0 Å². The first-order chi connectivity index (χ1) is 19.1. The number of aliphatic hydroxyl groups is 1. The Bertz CT molecular complexity index is 1450. The fourth-order valence-corrected chi connectivity index (χ4v) is 5.56. The molecule has 4 rings (SSSR count). The second-order valence-electron chi connectivity index (χ2n) is 9.46. The number of hydrogen-bond donors (Lipinski definition) is 1. The molecule has 0 aliphatic carbocycles. The van der Waals surface area contributed by atoms with E-state index in [0.29, 0.717) is 25.1 Å². The van der Waals surface area contributed by atoms with Crippen LogP contribution in [-0.4, -0.2) is 54.5 Å². The number of imide groups is 1. The van der Waals surface area contributed by atoms with Crippen LogP contribution in [0.1, 0.15) is 22.7 Å². The molecule has 1 aliphatic rings. The Kier molecular flexibility index (Phi) is 8.52. The quantitative estimate of drug-likeness (QED) is 0.188. The van der Waals surface area contributed by atoms with Crippen LogP contribution >= 0.6 is 23.4 Å². The number of fused-ring (bicyclic) bond motifs is 1. The third-order valence-electron chi connectivity index (χ3n) is 7.06. The number of anilines is 1. The van der Waals surface area contributed by atoms with Crippen LogP contribution in [0.25, 0.3) is 11.1 Å². The second kappa shape index (κ2) is 11.3. The Labute approximate surface area is 240 Å². The predicted octanol–water partition coefficient (Wildman–Crippen LogP) is 6.76. The molecule has 0 saturated carbocycles. The van der Waals surface area contributed by atoms with Gasteiger partial charge in [0, 0.05) is 22.6 Å². The van der Waals surface area contributed by atoms with Gasteiger partial charge in [-0.05, 0) is 60.7 Å². The molecule has 1 heterocycles. The largest absolute Gasteiger partial charge is 0.430 e. The van der Waals surface area contributed by atoms with Gasteiger partial charge < -0.3 is 5.11 Å².